The second-order valence-corrected chi connectivity index (χ2v) is 5.00. The standard InChI is InChI=1S/C16H22N2O6/c1-5-8-11-9-12(18(21)22)10(4)14(17-16(20)24-7-3)13(11)15(19)23-6-2/h9H,5-8H2,1-4H3,(H,17,20). The first-order valence-electron chi connectivity index (χ1n) is 7.78. The molecule has 0 saturated heterocycles. The average Bonchev–Trinajstić information content (AvgIpc) is 2.50. The Morgan fingerprint density at radius 3 is 2.33 bits per heavy atom. The molecule has 0 heterocycles. The van der Waals surface area contributed by atoms with E-state index in [0.29, 0.717) is 18.4 Å². The van der Waals surface area contributed by atoms with E-state index >= 15 is 0 Å². The highest BCUT2D eigenvalue weighted by Gasteiger charge is 2.27. The number of nitrogens with zero attached hydrogens (tertiary/aromatic N) is 1. The van der Waals surface area contributed by atoms with E-state index in [2.05, 4.69) is 5.32 Å². The van der Waals surface area contributed by atoms with Crippen LogP contribution in [-0.4, -0.2) is 30.2 Å². The van der Waals surface area contributed by atoms with Crippen LogP contribution in [0, 0.1) is 17.0 Å². The van der Waals surface area contributed by atoms with Gasteiger partial charge in [0.1, 0.15) is 0 Å². The van der Waals surface area contributed by atoms with E-state index in [1.807, 2.05) is 6.92 Å². The first-order chi connectivity index (χ1) is 11.4. The number of hydrogen-bond acceptors (Lipinski definition) is 6. The van der Waals surface area contributed by atoms with Gasteiger partial charge in [0.15, 0.2) is 0 Å². The number of anilines is 1. The minimum Gasteiger partial charge on any atom is -0.462 e. The molecule has 0 aliphatic heterocycles. The van der Waals surface area contributed by atoms with Crippen LogP contribution in [0.4, 0.5) is 16.2 Å². The third-order valence-corrected chi connectivity index (χ3v) is 3.34. The van der Waals surface area contributed by atoms with Gasteiger partial charge in [0.25, 0.3) is 5.69 Å². The minimum atomic E-state index is -0.783. The first-order valence-corrected chi connectivity index (χ1v) is 7.78. The topological polar surface area (TPSA) is 108 Å². The molecule has 1 amide bonds. The van der Waals surface area contributed by atoms with Crippen LogP contribution < -0.4 is 5.32 Å². The van der Waals surface area contributed by atoms with E-state index in [0.717, 1.165) is 0 Å². The highest BCUT2D eigenvalue weighted by Crippen LogP contribution is 2.34. The Morgan fingerprint density at radius 2 is 1.83 bits per heavy atom. The monoisotopic (exact) mass is 338 g/mol. The number of benzene rings is 1. The zero-order valence-electron chi connectivity index (χ0n) is 14.3. The number of nitrogens with one attached hydrogen (secondary N) is 1. The van der Waals surface area contributed by atoms with E-state index in [4.69, 9.17) is 9.47 Å². The van der Waals surface area contributed by atoms with Crippen molar-refractivity contribution in [1.29, 1.82) is 0 Å². The van der Waals surface area contributed by atoms with E-state index in [-0.39, 0.29) is 35.7 Å². The smallest absolute Gasteiger partial charge is 0.411 e. The van der Waals surface area contributed by atoms with Gasteiger partial charge >= 0.3 is 12.1 Å². The van der Waals surface area contributed by atoms with Gasteiger partial charge in [0.2, 0.25) is 0 Å². The van der Waals surface area contributed by atoms with E-state index in [1.165, 1.54) is 13.0 Å². The molecule has 1 aromatic carbocycles. The van der Waals surface area contributed by atoms with Crippen molar-refractivity contribution in [3.63, 3.8) is 0 Å². The molecule has 1 rings (SSSR count). The van der Waals surface area contributed by atoms with Gasteiger partial charge < -0.3 is 9.47 Å². The fraction of sp³-hybridized carbons (Fsp3) is 0.500. The van der Waals surface area contributed by atoms with Gasteiger partial charge in [-0.05, 0) is 32.8 Å². The normalized spacial score (nSPS) is 10.2. The SMILES string of the molecule is CCCc1cc([N+](=O)[O-])c(C)c(NC(=O)OCC)c1C(=O)OCC. The summed E-state index contributed by atoms with van der Waals surface area (Å²) in [7, 11) is 0. The third-order valence-electron chi connectivity index (χ3n) is 3.34. The number of amides is 1. The molecule has 0 radical (unpaired) electrons. The van der Waals surface area contributed by atoms with E-state index < -0.39 is 17.0 Å². The Bertz CT molecular complexity index is 642. The van der Waals surface area contributed by atoms with Gasteiger partial charge in [-0.1, -0.05) is 13.3 Å². The molecule has 0 spiro atoms. The summed E-state index contributed by atoms with van der Waals surface area (Å²) in [5, 5.41) is 13.7. The first kappa shape index (κ1) is 19.4. The fourth-order valence-electron chi connectivity index (χ4n) is 2.34. The average molecular weight is 338 g/mol. The van der Waals surface area contributed by atoms with Gasteiger partial charge in [0, 0.05) is 6.07 Å². The summed E-state index contributed by atoms with van der Waals surface area (Å²) in [6.45, 7) is 6.94. The number of ether oxygens (including phenoxy) is 2. The van der Waals surface area contributed by atoms with Crippen LogP contribution in [0.3, 0.4) is 0 Å². The highest BCUT2D eigenvalue weighted by molar-refractivity contribution is 6.03. The van der Waals surface area contributed by atoms with Crippen LogP contribution in [-0.2, 0) is 15.9 Å². The molecule has 24 heavy (non-hydrogen) atoms. The Morgan fingerprint density at radius 1 is 1.21 bits per heavy atom. The molecule has 0 unspecified atom stereocenters. The lowest BCUT2D eigenvalue weighted by atomic mass is 9.96. The van der Waals surface area contributed by atoms with Crippen molar-refractivity contribution >= 4 is 23.4 Å². The Labute approximate surface area is 140 Å². The predicted octanol–water partition coefficient (Wildman–Crippen LogP) is 3.60. The summed E-state index contributed by atoms with van der Waals surface area (Å²) < 4.78 is 9.88. The van der Waals surface area contributed by atoms with Crippen LogP contribution in [0.5, 0.6) is 0 Å². The van der Waals surface area contributed by atoms with Crippen LogP contribution >= 0.6 is 0 Å². The fourth-order valence-corrected chi connectivity index (χ4v) is 2.34. The summed E-state index contributed by atoms with van der Waals surface area (Å²) in [6.07, 6.45) is 0.326. The molecular formula is C16H22N2O6. The minimum absolute atomic E-state index is 0.0598. The lowest BCUT2D eigenvalue weighted by molar-refractivity contribution is -0.385. The Balaban J connectivity index is 3.59. The lowest BCUT2D eigenvalue weighted by Gasteiger charge is -2.17. The van der Waals surface area contributed by atoms with Gasteiger partial charge in [-0.3, -0.25) is 15.4 Å². The van der Waals surface area contributed by atoms with E-state index in [1.54, 1.807) is 13.8 Å². The van der Waals surface area contributed by atoms with Crippen molar-refractivity contribution in [3.05, 3.63) is 32.9 Å². The highest BCUT2D eigenvalue weighted by atomic mass is 16.6. The number of nitro benzene ring substituents is 1. The van der Waals surface area contributed by atoms with Crippen LogP contribution in [0.25, 0.3) is 0 Å². The Kier molecular flexibility index (Phi) is 7.16. The summed E-state index contributed by atoms with van der Waals surface area (Å²) in [5.41, 5.74) is 0.661. The van der Waals surface area contributed by atoms with Gasteiger partial charge in [-0.2, -0.15) is 0 Å². The van der Waals surface area contributed by atoms with Gasteiger partial charge in [-0.15, -0.1) is 0 Å². The van der Waals surface area contributed by atoms with Gasteiger partial charge in [0.05, 0.1) is 35.0 Å². The van der Waals surface area contributed by atoms with E-state index in [9.17, 15) is 19.7 Å². The summed E-state index contributed by atoms with van der Waals surface area (Å²) >= 11 is 0. The summed E-state index contributed by atoms with van der Waals surface area (Å²) in [4.78, 5) is 34.9. The third kappa shape index (κ3) is 4.43. The molecule has 132 valence electrons. The quantitative estimate of drug-likeness (QED) is 0.462. The maximum Gasteiger partial charge on any atom is 0.411 e. The number of carbonyl (C=O) groups excluding carboxylic acids is 2. The van der Waals surface area contributed by atoms with Crippen LogP contribution in [0.15, 0.2) is 6.07 Å². The number of hydrogen-bond donors (Lipinski definition) is 1. The van der Waals surface area contributed by atoms with Crippen molar-refractivity contribution in [2.75, 3.05) is 18.5 Å². The zero-order valence-corrected chi connectivity index (χ0v) is 14.3. The largest absolute Gasteiger partial charge is 0.462 e. The molecule has 0 fully saturated rings. The molecule has 0 aliphatic rings. The molecule has 8 heteroatoms. The second-order valence-electron chi connectivity index (χ2n) is 5.00. The van der Waals surface area contributed by atoms with Crippen molar-refractivity contribution in [2.45, 2.75) is 40.5 Å². The van der Waals surface area contributed by atoms with Crippen LogP contribution in [0.1, 0.15) is 48.7 Å². The predicted molar refractivity (Wildman–Crippen MR) is 88.4 cm³/mol. The Hall–Kier alpha value is -2.64. The maximum atomic E-state index is 12.3. The van der Waals surface area contributed by atoms with Crippen LogP contribution in [0.2, 0.25) is 0 Å². The van der Waals surface area contributed by atoms with Crippen molar-refractivity contribution < 1.29 is 24.0 Å². The molecule has 0 aliphatic carbocycles. The summed E-state index contributed by atoms with van der Waals surface area (Å²) in [5.74, 6) is -0.634. The summed E-state index contributed by atoms with van der Waals surface area (Å²) in [6, 6.07) is 1.36. The molecular weight excluding hydrogens is 316 g/mol. The number of nitro groups is 1. The molecule has 1 N–H and O–H groups in total. The molecule has 0 saturated carbocycles. The number of aryl methyl sites for hydroxylation is 1. The number of carbonyl (C=O) groups is 2. The van der Waals surface area contributed by atoms with Gasteiger partial charge in [-0.25, -0.2) is 9.59 Å². The molecule has 0 bridgehead atoms. The molecule has 0 atom stereocenters. The van der Waals surface area contributed by atoms with Crippen molar-refractivity contribution in [1.82, 2.24) is 0 Å². The van der Waals surface area contributed by atoms with Crippen molar-refractivity contribution in [3.8, 4) is 0 Å². The lowest BCUT2D eigenvalue weighted by Crippen LogP contribution is -2.20. The number of rotatable bonds is 7. The number of esters is 1. The molecule has 0 aromatic heterocycles. The molecule has 8 nitrogen and oxygen atoms in total. The maximum absolute atomic E-state index is 12.3. The molecule has 1 aromatic rings. The second kappa shape index (κ2) is 8.85. The zero-order chi connectivity index (χ0) is 18.3. The van der Waals surface area contributed by atoms with Crippen molar-refractivity contribution in [2.24, 2.45) is 0 Å².